The summed E-state index contributed by atoms with van der Waals surface area (Å²) < 4.78 is 13.9. The molecular weight excluding hydrogens is 327 g/mol. The van der Waals surface area contributed by atoms with E-state index in [9.17, 15) is 9.50 Å². The molecule has 0 amide bonds. The zero-order chi connectivity index (χ0) is 13.8. The molecule has 19 heavy (non-hydrogen) atoms. The number of benzene rings is 2. The molecular formula is C15H14BrFOS. The number of hydrogen-bond acceptors (Lipinski definition) is 2. The minimum absolute atomic E-state index is 0.303. The Kier molecular flexibility index (Phi) is 5.02. The number of aliphatic hydroxyl groups is 1. The van der Waals surface area contributed by atoms with Crippen LogP contribution < -0.4 is 0 Å². The molecule has 0 fully saturated rings. The number of thioether (sulfide) groups is 1. The molecule has 0 aliphatic rings. The SMILES string of the molecule is CSc1ccccc1C(O)Cc1cccc(F)c1Br. The Hall–Kier alpha value is -0.840. The molecule has 0 saturated carbocycles. The van der Waals surface area contributed by atoms with Crippen molar-refractivity contribution in [2.24, 2.45) is 0 Å². The molecule has 0 radical (unpaired) electrons. The fourth-order valence-corrected chi connectivity index (χ4v) is 3.05. The molecule has 2 aromatic carbocycles. The third-order valence-electron chi connectivity index (χ3n) is 2.94. The van der Waals surface area contributed by atoms with Gasteiger partial charge in [-0.2, -0.15) is 0 Å². The summed E-state index contributed by atoms with van der Waals surface area (Å²) in [6, 6.07) is 12.6. The van der Waals surface area contributed by atoms with Gasteiger partial charge in [-0.05, 0) is 45.4 Å². The fraction of sp³-hybridized carbons (Fsp3) is 0.200. The molecule has 4 heteroatoms. The molecule has 2 rings (SSSR count). The highest BCUT2D eigenvalue weighted by Crippen LogP contribution is 2.30. The van der Waals surface area contributed by atoms with Gasteiger partial charge in [0.05, 0.1) is 10.6 Å². The maximum atomic E-state index is 13.4. The molecule has 1 N–H and O–H groups in total. The molecule has 1 nitrogen and oxygen atoms in total. The monoisotopic (exact) mass is 340 g/mol. The second-order valence-corrected chi connectivity index (χ2v) is 5.82. The summed E-state index contributed by atoms with van der Waals surface area (Å²) in [5.74, 6) is -0.303. The fourth-order valence-electron chi connectivity index (χ4n) is 1.97. The molecule has 0 aliphatic carbocycles. The van der Waals surface area contributed by atoms with Crippen LogP contribution in [0.1, 0.15) is 17.2 Å². The molecule has 0 heterocycles. The van der Waals surface area contributed by atoms with Crippen LogP contribution >= 0.6 is 27.7 Å². The van der Waals surface area contributed by atoms with Crippen molar-refractivity contribution in [1.29, 1.82) is 0 Å². The zero-order valence-electron chi connectivity index (χ0n) is 10.4. The van der Waals surface area contributed by atoms with Crippen LogP contribution in [-0.4, -0.2) is 11.4 Å². The van der Waals surface area contributed by atoms with Gasteiger partial charge in [-0.25, -0.2) is 4.39 Å². The summed E-state index contributed by atoms with van der Waals surface area (Å²) in [6.45, 7) is 0. The van der Waals surface area contributed by atoms with Gasteiger partial charge in [0, 0.05) is 11.3 Å². The lowest BCUT2D eigenvalue weighted by atomic mass is 10.0. The summed E-state index contributed by atoms with van der Waals surface area (Å²) in [5, 5.41) is 10.3. The summed E-state index contributed by atoms with van der Waals surface area (Å²) in [7, 11) is 0. The largest absolute Gasteiger partial charge is 0.388 e. The lowest BCUT2D eigenvalue weighted by Gasteiger charge is -2.15. The number of hydrogen-bond donors (Lipinski definition) is 1. The van der Waals surface area contributed by atoms with E-state index in [4.69, 9.17) is 0 Å². The first-order chi connectivity index (χ1) is 9.13. The highest BCUT2D eigenvalue weighted by atomic mass is 79.9. The van der Waals surface area contributed by atoms with Crippen LogP contribution in [-0.2, 0) is 6.42 Å². The highest BCUT2D eigenvalue weighted by molar-refractivity contribution is 9.10. The van der Waals surface area contributed by atoms with E-state index in [1.807, 2.05) is 36.6 Å². The standard InChI is InChI=1S/C15H14BrFOS/c1-19-14-8-3-2-6-11(14)13(18)9-10-5-4-7-12(17)15(10)16/h2-8,13,18H,9H2,1H3. The van der Waals surface area contributed by atoms with Gasteiger partial charge in [-0.3, -0.25) is 0 Å². The molecule has 0 spiro atoms. The molecule has 0 saturated heterocycles. The van der Waals surface area contributed by atoms with Gasteiger partial charge < -0.3 is 5.11 Å². The maximum absolute atomic E-state index is 13.4. The van der Waals surface area contributed by atoms with Gasteiger partial charge in [-0.1, -0.05) is 30.3 Å². The normalized spacial score (nSPS) is 12.4. The Bertz CT molecular complexity index is 574. The minimum atomic E-state index is -0.637. The van der Waals surface area contributed by atoms with Crippen LogP contribution in [0.4, 0.5) is 4.39 Å². The van der Waals surface area contributed by atoms with Gasteiger partial charge in [0.1, 0.15) is 5.82 Å². The van der Waals surface area contributed by atoms with E-state index in [0.717, 1.165) is 16.0 Å². The van der Waals surface area contributed by atoms with Gasteiger partial charge in [0.15, 0.2) is 0 Å². The van der Waals surface area contributed by atoms with Gasteiger partial charge in [0.25, 0.3) is 0 Å². The van der Waals surface area contributed by atoms with Crippen LogP contribution in [0.25, 0.3) is 0 Å². The lowest BCUT2D eigenvalue weighted by molar-refractivity contribution is 0.175. The van der Waals surface area contributed by atoms with Crippen molar-refractivity contribution >= 4 is 27.7 Å². The summed E-state index contributed by atoms with van der Waals surface area (Å²) in [5.41, 5.74) is 1.65. The first-order valence-electron chi connectivity index (χ1n) is 5.87. The third kappa shape index (κ3) is 3.38. The topological polar surface area (TPSA) is 20.2 Å². The second kappa shape index (κ2) is 6.55. The van der Waals surface area contributed by atoms with Crippen molar-refractivity contribution in [2.45, 2.75) is 17.4 Å². The number of halogens is 2. The molecule has 0 aromatic heterocycles. The molecule has 2 aromatic rings. The number of rotatable bonds is 4. The van der Waals surface area contributed by atoms with Crippen LogP contribution in [0.5, 0.6) is 0 Å². The van der Waals surface area contributed by atoms with Gasteiger partial charge in [0.2, 0.25) is 0 Å². The van der Waals surface area contributed by atoms with E-state index in [1.165, 1.54) is 6.07 Å². The Morgan fingerprint density at radius 1 is 1.21 bits per heavy atom. The molecule has 0 bridgehead atoms. The van der Waals surface area contributed by atoms with Gasteiger partial charge in [-0.15, -0.1) is 11.8 Å². The summed E-state index contributed by atoms with van der Waals surface area (Å²) >= 11 is 4.82. The lowest BCUT2D eigenvalue weighted by Crippen LogP contribution is -2.04. The van der Waals surface area contributed by atoms with E-state index in [0.29, 0.717) is 10.9 Å². The van der Waals surface area contributed by atoms with E-state index < -0.39 is 6.10 Å². The minimum Gasteiger partial charge on any atom is -0.388 e. The third-order valence-corrected chi connectivity index (χ3v) is 4.64. The van der Waals surface area contributed by atoms with Crippen molar-refractivity contribution in [3.8, 4) is 0 Å². The van der Waals surface area contributed by atoms with Crippen LogP contribution in [0.2, 0.25) is 0 Å². The average Bonchev–Trinajstić information content (AvgIpc) is 2.43. The Morgan fingerprint density at radius 2 is 1.95 bits per heavy atom. The average molecular weight is 341 g/mol. The van der Waals surface area contributed by atoms with Crippen molar-refractivity contribution in [3.05, 3.63) is 63.9 Å². The second-order valence-electron chi connectivity index (χ2n) is 4.17. The molecule has 100 valence electrons. The predicted octanol–water partition coefficient (Wildman–Crippen LogP) is 4.59. The van der Waals surface area contributed by atoms with E-state index >= 15 is 0 Å². The van der Waals surface area contributed by atoms with E-state index in [-0.39, 0.29) is 5.82 Å². The molecule has 0 aliphatic heterocycles. The quantitative estimate of drug-likeness (QED) is 0.821. The highest BCUT2D eigenvalue weighted by Gasteiger charge is 2.15. The zero-order valence-corrected chi connectivity index (χ0v) is 12.8. The Balaban J connectivity index is 2.26. The van der Waals surface area contributed by atoms with E-state index in [2.05, 4.69) is 15.9 Å². The number of aliphatic hydroxyl groups excluding tert-OH is 1. The van der Waals surface area contributed by atoms with Crippen LogP contribution in [0.3, 0.4) is 0 Å². The van der Waals surface area contributed by atoms with Crippen molar-refractivity contribution < 1.29 is 9.50 Å². The summed E-state index contributed by atoms with van der Waals surface area (Å²) in [6.07, 6.45) is 1.72. The Morgan fingerprint density at radius 3 is 2.68 bits per heavy atom. The van der Waals surface area contributed by atoms with E-state index in [1.54, 1.807) is 17.8 Å². The first-order valence-corrected chi connectivity index (χ1v) is 7.89. The summed E-state index contributed by atoms with van der Waals surface area (Å²) in [4.78, 5) is 1.04. The molecule has 1 unspecified atom stereocenters. The van der Waals surface area contributed by atoms with Crippen molar-refractivity contribution in [3.63, 3.8) is 0 Å². The van der Waals surface area contributed by atoms with Crippen molar-refractivity contribution in [2.75, 3.05) is 6.26 Å². The first kappa shape index (κ1) is 14.6. The predicted molar refractivity (Wildman–Crippen MR) is 81.0 cm³/mol. The molecule has 1 atom stereocenters. The smallest absolute Gasteiger partial charge is 0.137 e. The van der Waals surface area contributed by atoms with Crippen molar-refractivity contribution in [1.82, 2.24) is 0 Å². The maximum Gasteiger partial charge on any atom is 0.137 e. The van der Waals surface area contributed by atoms with Gasteiger partial charge >= 0.3 is 0 Å². The van der Waals surface area contributed by atoms with Crippen LogP contribution in [0.15, 0.2) is 51.8 Å². The Labute approximate surface area is 125 Å². The van der Waals surface area contributed by atoms with Crippen LogP contribution in [0, 0.1) is 5.82 Å².